The first-order valence-electron chi connectivity index (χ1n) is 4.60. The minimum absolute atomic E-state index is 0.271. The lowest BCUT2D eigenvalue weighted by Gasteiger charge is -1.96. The van der Waals surface area contributed by atoms with Crippen molar-refractivity contribution in [2.45, 2.75) is 0 Å². The molecule has 2 N–H and O–H groups in total. The Labute approximate surface area is 97.3 Å². The SMILES string of the molecule is CSC(N)=N/N=C/c1ccc2c(c1)OCO2. The van der Waals surface area contributed by atoms with Crippen LogP contribution in [0.4, 0.5) is 0 Å². The lowest BCUT2D eigenvalue weighted by Crippen LogP contribution is -2.03. The summed E-state index contributed by atoms with van der Waals surface area (Å²) >= 11 is 1.35. The van der Waals surface area contributed by atoms with E-state index in [0.717, 1.165) is 17.1 Å². The highest BCUT2D eigenvalue weighted by atomic mass is 32.2. The Balaban J connectivity index is 2.11. The number of rotatable bonds is 2. The Morgan fingerprint density at radius 1 is 1.44 bits per heavy atom. The Morgan fingerprint density at radius 3 is 3.06 bits per heavy atom. The van der Waals surface area contributed by atoms with Crippen LogP contribution in [-0.4, -0.2) is 24.4 Å². The van der Waals surface area contributed by atoms with Gasteiger partial charge in [-0.2, -0.15) is 5.10 Å². The van der Waals surface area contributed by atoms with E-state index in [-0.39, 0.29) is 6.79 Å². The molecule has 0 spiro atoms. The van der Waals surface area contributed by atoms with Gasteiger partial charge in [-0.3, -0.25) is 0 Å². The molecule has 0 bridgehead atoms. The Morgan fingerprint density at radius 2 is 2.25 bits per heavy atom. The highest BCUT2D eigenvalue weighted by Gasteiger charge is 2.12. The van der Waals surface area contributed by atoms with E-state index in [4.69, 9.17) is 15.2 Å². The molecule has 0 aliphatic carbocycles. The summed E-state index contributed by atoms with van der Waals surface area (Å²) in [5.74, 6) is 1.48. The van der Waals surface area contributed by atoms with E-state index in [1.807, 2.05) is 24.5 Å². The molecule has 1 aromatic rings. The topological polar surface area (TPSA) is 69.2 Å². The molecule has 0 aromatic heterocycles. The summed E-state index contributed by atoms with van der Waals surface area (Å²) < 4.78 is 10.4. The summed E-state index contributed by atoms with van der Waals surface area (Å²) in [6.45, 7) is 0.271. The lowest BCUT2D eigenvalue weighted by atomic mass is 10.2. The molecule has 0 saturated carbocycles. The van der Waals surface area contributed by atoms with Crippen molar-refractivity contribution in [1.29, 1.82) is 0 Å². The third-order valence-corrected chi connectivity index (χ3v) is 2.47. The van der Waals surface area contributed by atoms with Crippen LogP contribution >= 0.6 is 11.8 Å². The summed E-state index contributed by atoms with van der Waals surface area (Å²) in [6, 6.07) is 5.56. The fraction of sp³-hybridized carbons (Fsp3) is 0.200. The number of benzene rings is 1. The monoisotopic (exact) mass is 237 g/mol. The third-order valence-electron chi connectivity index (χ3n) is 1.97. The molecule has 5 nitrogen and oxygen atoms in total. The van der Waals surface area contributed by atoms with Crippen LogP contribution in [0.3, 0.4) is 0 Å². The second-order valence-electron chi connectivity index (χ2n) is 3.00. The largest absolute Gasteiger partial charge is 0.454 e. The normalized spacial score (nSPS) is 14.7. The number of fused-ring (bicyclic) bond motifs is 1. The van der Waals surface area contributed by atoms with Gasteiger partial charge in [0.15, 0.2) is 16.7 Å². The molecule has 16 heavy (non-hydrogen) atoms. The van der Waals surface area contributed by atoms with Crippen molar-refractivity contribution >= 4 is 23.1 Å². The maximum Gasteiger partial charge on any atom is 0.231 e. The standard InChI is InChI=1S/C10H11N3O2S/c1-16-10(11)13-12-5-7-2-3-8-9(4-7)15-6-14-8/h2-5H,6H2,1H3,(H2,11,13)/b12-5+. The number of ether oxygens (including phenoxy) is 2. The van der Waals surface area contributed by atoms with Crippen molar-refractivity contribution < 1.29 is 9.47 Å². The first-order chi connectivity index (χ1) is 7.79. The van der Waals surface area contributed by atoms with Crippen molar-refractivity contribution in [2.75, 3.05) is 13.0 Å². The summed E-state index contributed by atoms with van der Waals surface area (Å²) in [5, 5.41) is 8.07. The van der Waals surface area contributed by atoms with E-state index in [1.54, 1.807) is 6.21 Å². The third kappa shape index (κ3) is 2.46. The molecule has 0 amide bonds. The van der Waals surface area contributed by atoms with E-state index in [1.165, 1.54) is 11.8 Å². The second kappa shape index (κ2) is 4.89. The smallest absolute Gasteiger partial charge is 0.231 e. The van der Waals surface area contributed by atoms with Crippen LogP contribution in [-0.2, 0) is 0 Å². The molecule has 0 atom stereocenters. The van der Waals surface area contributed by atoms with Crippen molar-refractivity contribution in [2.24, 2.45) is 15.9 Å². The van der Waals surface area contributed by atoms with Crippen LogP contribution in [0.1, 0.15) is 5.56 Å². The molecule has 1 heterocycles. The van der Waals surface area contributed by atoms with Crippen molar-refractivity contribution in [3.8, 4) is 11.5 Å². The zero-order valence-corrected chi connectivity index (χ0v) is 9.53. The maximum absolute atomic E-state index is 5.48. The van der Waals surface area contributed by atoms with Gasteiger partial charge in [0.05, 0.1) is 6.21 Å². The molecule has 84 valence electrons. The Hall–Kier alpha value is -1.69. The summed E-state index contributed by atoms with van der Waals surface area (Å²) in [7, 11) is 0. The van der Waals surface area contributed by atoms with Crippen molar-refractivity contribution in [1.82, 2.24) is 0 Å². The van der Waals surface area contributed by atoms with Gasteiger partial charge in [0.2, 0.25) is 6.79 Å². The van der Waals surface area contributed by atoms with Gasteiger partial charge in [-0.1, -0.05) is 11.8 Å². The summed E-state index contributed by atoms with van der Waals surface area (Å²) in [6.07, 6.45) is 3.46. The average Bonchev–Trinajstić information content (AvgIpc) is 2.76. The van der Waals surface area contributed by atoms with E-state index >= 15 is 0 Å². The van der Waals surface area contributed by atoms with Crippen LogP contribution in [0.25, 0.3) is 0 Å². The van der Waals surface area contributed by atoms with Crippen LogP contribution in [0, 0.1) is 0 Å². The van der Waals surface area contributed by atoms with Crippen LogP contribution in [0.5, 0.6) is 11.5 Å². The second-order valence-corrected chi connectivity index (χ2v) is 3.83. The van der Waals surface area contributed by atoms with Gasteiger partial charge in [0.25, 0.3) is 0 Å². The van der Waals surface area contributed by atoms with Gasteiger partial charge >= 0.3 is 0 Å². The number of thioether (sulfide) groups is 1. The fourth-order valence-electron chi connectivity index (χ4n) is 1.19. The fourth-order valence-corrected chi connectivity index (χ4v) is 1.32. The minimum Gasteiger partial charge on any atom is -0.454 e. The quantitative estimate of drug-likeness (QED) is 0.480. The molecule has 1 aliphatic heterocycles. The van der Waals surface area contributed by atoms with E-state index in [0.29, 0.717) is 5.17 Å². The zero-order chi connectivity index (χ0) is 11.4. The average molecular weight is 237 g/mol. The lowest BCUT2D eigenvalue weighted by molar-refractivity contribution is 0.174. The zero-order valence-electron chi connectivity index (χ0n) is 8.71. The number of nitrogens with zero attached hydrogens (tertiary/aromatic N) is 2. The predicted octanol–water partition coefficient (Wildman–Crippen LogP) is 1.43. The minimum atomic E-state index is 0.271. The Kier molecular flexibility index (Phi) is 3.31. The highest BCUT2D eigenvalue weighted by Crippen LogP contribution is 2.31. The van der Waals surface area contributed by atoms with Gasteiger partial charge in [0.1, 0.15) is 0 Å². The molecule has 0 saturated heterocycles. The molecular weight excluding hydrogens is 226 g/mol. The molecule has 2 rings (SSSR count). The predicted molar refractivity (Wildman–Crippen MR) is 65.3 cm³/mol. The van der Waals surface area contributed by atoms with E-state index < -0.39 is 0 Å². The molecule has 6 heteroatoms. The Bertz CT molecular complexity index is 446. The van der Waals surface area contributed by atoms with Crippen LogP contribution < -0.4 is 15.2 Å². The molecule has 0 unspecified atom stereocenters. The first-order valence-corrected chi connectivity index (χ1v) is 5.82. The number of nitrogens with two attached hydrogens (primary N) is 1. The van der Waals surface area contributed by atoms with E-state index in [2.05, 4.69) is 10.2 Å². The first kappa shape index (κ1) is 10.8. The number of hydrogen-bond acceptors (Lipinski definition) is 5. The molecule has 0 radical (unpaired) electrons. The maximum atomic E-state index is 5.48. The van der Waals surface area contributed by atoms with Crippen molar-refractivity contribution in [3.63, 3.8) is 0 Å². The van der Waals surface area contributed by atoms with Crippen molar-refractivity contribution in [3.05, 3.63) is 23.8 Å². The van der Waals surface area contributed by atoms with Gasteiger partial charge in [-0.25, -0.2) is 0 Å². The summed E-state index contributed by atoms with van der Waals surface area (Å²) in [5.41, 5.74) is 6.37. The van der Waals surface area contributed by atoms with Crippen LogP contribution in [0.2, 0.25) is 0 Å². The molecule has 1 aromatic carbocycles. The number of hydrogen-bond donors (Lipinski definition) is 1. The van der Waals surface area contributed by atoms with Gasteiger partial charge in [-0.15, -0.1) is 5.10 Å². The van der Waals surface area contributed by atoms with Gasteiger partial charge in [0, 0.05) is 0 Å². The highest BCUT2D eigenvalue weighted by molar-refractivity contribution is 8.13. The molecule has 1 aliphatic rings. The van der Waals surface area contributed by atoms with Gasteiger partial charge < -0.3 is 15.2 Å². The van der Waals surface area contributed by atoms with Crippen LogP contribution in [0.15, 0.2) is 28.4 Å². The molecular formula is C10H11N3O2S. The summed E-state index contributed by atoms with van der Waals surface area (Å²) in [4.78, 5) is 0. The number of amidine groups is 1. The van der Waals surface area contributed by atoms with E-state index in [9.17, 15) is 0 Å². The molecule has 0 fully saturated rings. The van der Waals surface area contributed by atoms with Gasteiger partial charge in [-0.05, 0) is 30.0 Å².